The first-order chi connectivity index (χ1) is 26.2. The van der Waals surface area contributed by atoms with Crippen LogP contribution >= 0.6 is 0 Å². The van der Waals surface area contributed by atoms with Crippen LogP contribution in [-0.4, -0.2) is 37.2 Å². The topological polar surface area (TPSA) is 78.9 Å². The number of rotatable bonds is 42. The number of carbonyl (C=O) groups is 3. The first kappa shape index (κ1) is 52.4. The van der Waals surface area contributed by atoms with Gasteiger partial charge in [-0.15, -0.1) is 0 Å². The summed E-state index contributed by atoms with van der Waals surface area (Å²) in [7, 11) is 0. The second-order valence-corrected chi connectivity index (χ2v) is 17.3. The molecule has 6 heteroatoms. The number of esters is 3. The maximum atomic E-state index is 12.6. The van der Waals surface area contributed by atoms with E-state index in [1.54, 1.807) is 0 Å². The maximum Gasteiger partial charge on any atom is 0.306 e. The number of carbonyl (C=O) groups excluding carboxylic acids is 3. The molecule has 320 valence electrons. The SMILES string of the molecule is CCCCCCCCCC(=O)O[C@H](COC(=O)CCCCCCCCCCCCCCCCC(C)C)COC(=O)CCCCCCCCCCCC(C)C. The largest absolute Gasteiger partial charge is 0.462 e. The molecule has 0 aliphatic carbocycles. The van der Waals surface area contributed by atoms with E-state index in [1.807, 2.05) is 0 Å². The van der Waals surface area contributed by atoms with Gasteiger partial charge in [0.15, 0.2) is 6.10 Å². The van der Waals surface area contributed by atoms with Crippen LogP contribution in [0.25, 0.3) is 0 Å². The van der Waals surface area contributed by atoms with Gasteiger partial charge in [0, 0.05) is 19.3 Å². The lowest BCUT2D eigenvalue weighted by molar-refractivity contribution is -0.167. The molecule has 0 fully saturated rings. The lowest BCUT2D eigenvalue weighted by Crippen LogP contribution is -2.30. The molecule has 54 heavy (non-hydrogen) atoms. The molecule has 0 heterocycles. The summed E-state index contributed by atoms with van der Waals surface area (Å²) in [5.74, 6) is 0.792. The summed E-state index contributed by atoms with van der Waals surface area (Å²) >= 11 is 0. The van der Waals surface area contributed by atoms with E-state index in [-0.39, 0.29) is 31.1 Å². The average molecular weight is 765 g/mol. The Kier molecular flexibility index (Phi) is 39.8. The summed E-state index contributed by atoms with van der Waals surface area (Å²) in [6.45, 7) is 11.3. The van der Waals surface area contributed by atoms with E-state index < -0.39 is 6.10 Å². The number of hydrogen-bond donors (Lipinski definition) is 0. The lowest BCUT2D eigenvalue weighted by atomic mass is 10.0. The van der Waals surface area contributed by atoms with Crippen LogP contribution in [0.5, 0.6) is 0 Å². The van der Waals surface area contributed by atoms with Gasteiger partial charge in [-0.3, -0.25) is 14.4 Å². The van der Waals surface area contributed by atoms with Crippen molar-refractivity contribution < 1.29 is 28.6 Å². The van der Waals surface area contributed by atoms with Gasteiger partial charge in [-0.25, -0.2) is 0 Å². The maximum absolute atomic E-state index is 12.6. The van der Waals surface area contributed by atoms with E-state index >= 15 is 0 Å². The van der Waals surface area contributed by atoms with Crippen molar-refractivity contribution in [1.82, 2.24) is 0 Å². The highest BCUT2D eigenvalue weighted by Crippen LogP contribution is 2.17. The van der Waals surface area contributed by atoms with E-state index in [4.69, 9.17) is 14.2 Å². The summed E-state index contributed by atoms with van der Waals surface area (Å²) in [5.41, 5.74) is 0. The molecule has 0 aliphatic rings. The second-order valence-electron chi connectivity index (χ2n) is 17.3. The second kappa shape index (κ2) is 41.1. The summed E-state index contributed by atoms with van der Waals surface area (Å²) in [6, 6.07) is 0. The highest BCUT2D eigenvalue weighted by atomic mass is 16.6. The van der Waals surface area contributed by atoms with Gasteiger partial charge in [-0.2, -0.15) is 0 Å². The molecule has 0 saturated carbocycles. The number of ether oxygens (including phenoxy) is 3. The van der Waals surface area contributed by atoms with Gasteiger partial charge in [0.2, 0.25) is 0 Å². The summed E-state index contributed by atoms with van der Waals surface area (Å²) in [6.07, 6.45) is 39.6. The fourth-order valence-corrected chi connectivity index (χ4v) is 7.11. The minimum absolute atomic E-state index is 0.0650. The average Bonchev–Trinajstić information content (AvgIpc) is 3.14. The van der Waals surface area contributed by atoms with Gasteiger partial charge in [0.1, 0.15) is 13.2 Å². The Hall–Kier alpha value is -1.59. The van der Waals surface area contributed by atoms with Crippen molar-refractivity contribution in [2.24, 2.45) is 11.8 Å². The number of hydrogen-bond acceptors (Lipinski definition) is 6. The fourth-order valence-electron chi connectivity index (χ4n) is 7.11. The van der Waals surface area contributed by atoms with Crippen molar-refractivity contribution in [2.45, 2.75) is 265 Å². The minimum Gasteiger partial charge on any atom is -0.462 e. The zero-order valence-corrected chi connectivity index (χ0v) is 36.8. The third-order valence-electron chi connectivity index (χ3n) is 10.7. The molecule has 0 N–H and O–H groups in total. The summed E-state index contributed by atoms with van der Waals surface area (Å²) < 4.78 is 16.7. The molecular formula is C48H92O6. The molecule has 0 radical (unpaired) electrons. The first-order valence-corrected chi connectivity index (χ1v) is 23.7. The van der Waals surface area contributed by atoms with Crippen molar-refractivity contribution in [3.8, 4) is 0 Å². The quantitative estimate of drug-likeness (QED) is 0.0350. The molecule has 0 aromatic heterocycles. The molecule has 0 aromatic rings. The molecule has 0 spiro atoms. The highest BCUT2D eigenvalue weighted by Gasteiger charge is 2.19. The van der Waals surface area contributed by atoms with Crippen LogP contribution in [0.15, 0.2) is 0 Å². The van der Waals surface area contributed by atoms with Gasteiger partial charge in [-0.1, -0.05) is 221 Å². The summed E-state index contributed by atoms with van der Waals surface area (Å²) in [4.78, 5) is 37.6. The minimum atomic E-state index is -0.759. The number of unbranched alkanes of at least 4 members (excludes halogenated alkanes) is 27. The van der Waals surface area contributed by atoms with E-state index in [0.29, 0.717) is 19.3 Å². The normalized spacial score (nSPS) is 12.1. The Balaban J connectivity index is 4.19. The van der Waals surface area contributed by atoms with Gasteiger partial charge >= 0.3 is 17.9 Å². The molecule has 0 amide bonds. The molecule has 0 aliphatic heterocycles. The molecule has 0 unspecified atom stereocenters. The molecule has 0 bridgehead atoms. The zero-order chi connectivity index (χ0) is 39.7. The van der Waals surface area contributed by atoms with Crippen LogP contribution in [0.1, 0.15) is 259 Å². The van der Waals surface area contributed by atoms with Crippen molar-refractivity contribution in [1.29, 1.82) is 0 Å². The van der Waals surface area contributed by atoms with Gasteiger partial charge in [0.05, 0.1) is 0 Å². The Bertz CT molecular complexity index is 824. The Morgan fingerprint density at radius 2 is 0.611 bits per heavy atom. The van der Waals surface area contributed by atoms with Crippen LogP contribution in [0.3, 0.4) is 0 Å². The molecule has 0 rings (SSSR count). The van der Waals surface area contributed by atoms with Crippen molar-refractivity contribution in [3.63, 3.8) is 0 Å². The predicted octanol–water partition coefficient (Wildman–Crippen LogP) is 15.0. The van der Waals surface area contributed by atoms with E-state index in [1.165, 1.54) is 148 Å². The Morgan fingerprint density at radius 1 is 0.352 bits per heavy atom. The molecule has 0 aromatic carbocycles. The monoisotopic (exact) mass is 765 g/mol. The van der Waals surface area contributed by atoms with Gasteiger partial charge in [-0.05, 0) is 31.1 Å². The lowest BCUT2D eigenvalue weighted by Gasteiger charge is -2.18. The van der Waals surface area contributed by atoms with Crippen LogP contribution in [-0.2, 0) is 28.6 Å². The van der Waals surface area contributed by atoms with Crippen LogP contribution in [0.4, 0.5) is 0 Å². The van der Waals surface area contributed by atoms with Crippen LogP contribution in [0, 0.1) is 11.8 Å². The zero-order valence-electron chi connectivity index (χ0n) is 36.8. The van der Waals surface area contributed by atoms with E-state index in [2.05, 4.69) is 34.6 Å². The molecule has 6 nitrogen and oxygen atoms in total. The van der Waals surface area contributed by atoms with Crippen molar-refractivity contribution in [3.05, 3.63) is 0 Å². The van der Waals surface area contributed by atoms with Crippen molar-refractivity contribution in [2.75, 3.05) is 13.2 Å². The highest BCUT2D eigenvalue weighted by molar-refractivity contribution is 5.71. The first-order valence-electron chi connectivity index (χ1n) is 23.7. The van der Waals surface area contributed by atoms with E-state index in [0.717, 1.165) is 69.6 Å². The van der Waals surface area contributed by atoms with Gasteiger partial charge < -0.3 is 14.2 Å². The smallest absolute Gasteiger partial charge is 0.306 e. The van der Waals surface area contributed by atoms with Gasteiger partial charge in [0.25, 0.3) is 0 Å². The fraction of sp³-hybridized carbons (Fsp3) is 0.938. The summed E-state index contributed by atoms with van der Waals surface area (Å²) in [5, 5.41) is 0. The third kappa shape index (κ3) is 41.6. The molecule has 1 atom stereocenters. The molecule has 0 saturated heterocycles. The predicted molar refractivity (Wildman–Crippen MR) is 229 cm³/mol. The van der Waals surface area contributed by atoms with Crippen molar-refractivity contribution >= 4 is 17.9 Å². The Labute approximate surface area is 336 Å². The van der Waals surface area contributed by atoms with E-state index in [9.17, 15) is 14.4 Å². The Morgan fingerprint density at radius 3 is 0.907 bits per heavy atom. The molecular weight excluding hydrogens is 673 g/mol. The van der Waals surface area contributed by atoms with Crippen LogP contribution < -0.4 is 0 Å². The standard InChI is InChI=1S/C48H92O6/c1-6-7-8-9-21-30-35-40-48(51)54-45(42-53-47(50)39-34-29-25-20-16-18-23-27-32-37-44(4)5)41-52-46(49)38-33-28-24-19-15-13-11-10-12-14-17-22-26-31-36-43(2)3/h43-45H,6-42H2,1-5H3/t45-/m1/s1. The van der Waals surface area contributed by atoms with Crippen LogP contribution in [0.2, 0.25) is 0 Å². The third-order valence-corrected chi connectivity index (χ3v) is 10.7.